The Hall–Kier alpha value is -1.05. The van der Waals surface area contributed by atoms with Gasteiger partial charge >= 0.3 is 0 Å². The zero-order chi connectivity index (χ0) is 12.2. The van der Waals surface area contributed by atoms with Crippen LogP contribution in [0.15, 0.2) is 30.3 Å². The number of nitrogens with zero attached hydrogens (tertiary/aromatic N) is 2. The quantitative estimate of drug-likeness (QED) is 0.583. The van der Waals surface area contributed by atoms with Gasteiger partial charge in [0, 0.05) is 26.6 Å². The molecule has 0 aliphatic heterocycles. The fourth-order valence-corrected chi connectivity index (χ4v) is 2.49. The van der Waals surface area contributed by atoms with Crippen LogP contribution in [0.4, 0.5) is 5.69 Å². The topological polar surface area (TPSA) is 7.60 Å². The second kappa shape index (κ2) is 5.33. The second-order valence-electron chi connectivity index (χ2n) is 3.82. The van der Waals surface area contributed by atoms with E-state index >= 15 is 0 Å². The van der Waals surface area contributed by atoms with Gasteiger partial charge in [-0.2, -0.15) is 0 Å². The Balaban J connectivity index is 2.74. The number of anilines is 1. The fraction of sp³-hybridized carbons (Fsp3) is 0.333. The van der Waals surface area contributed by atoms with Crippen molar-refractivity contribution in [3.05, 3.63) is 41.7 Å². The van der Waals surface area contributed by atoms with E-state index < -0.39 is 4.87 Å². The molecule has 0 bridgehead atoms. The maximum atomic E-state index is 7.07. The molecule has 0 fully saturated rings. The SMILES string of the molecule is [C-]#[N+]C(C)(C)SC(=S)N(C)c1ccccc1. The van der Waals surface area contributed by atoms with Crippen molar-refractivity contribution < 1.29 is 0 Å². The van der Waals surface area contributed by atoms with Crippen molar-refractivity contribution in [2.45, 2.75) is 18.7 Å². The first-order valence-corrected chi connectivity index (χ1v) is 6.09. The van der Waals surface area contributed by atoms with E-state index in [9.17, 15) is 0 Å². The lowest BCUT2D eigenvalue weighted by molar-refractivity contribution is 0.898. The van der Waals surface area contributed by atoms with Crippen molar-refractivity contribution in [3.8, 4) is 0 Å². The van der Waals surface area contributed by atoms with E-state index in [1.54, 1.807) is 0 Å². The van der Waals surface area contributed by atoms with Crippen LogP contribution in [0.2, 0.25) is 0 Å². The summed E-state index contributed by atoms with van der Waals surface area (Å²) in [6.07, 6.45) is 0. The van der Waals surface area contributed by atoms with Gasteiger partial charge in [-0.3, -0.25) is 4.85 Å². The maximum Gasteiger partial charge on any atom is 0.278 e. The van der Waals surface area contributed by atoms with Crippen molar-refractivity contribution in [1.82, 2.24) is 0 Å². The van der Waals surface area contributed by atoms with Crippen molar-refractivity contribution in [2.75, 3.05) is 11.9 Å². The number of thioether (sulfide) groups is 1. The molecular weight excluding hydrogens is 236 g/mol. The minimum absolute atomic E-state index is 0.500. The van der Waals surface area contributed by atoms with Crippen LogP contribution in [-0.4, -0.2) is 16.2 Å². The van der Waals surface area contributed by atoms with Crippen LogP contribution in [0, 0.1) is 6.57 Å². The van der Waals surface area contributed by atoms with Gasteiger partial charge in [0.25, 0.3) is 4.87 Å². The van der Waals surface area contributed by atoms with E-state index in [0.717, 1.165) is 5.69 Å². The lowest BCUT2D eigenvalue weighted by Gasteiger charge is -2.21. The number of para-hydroxylation sites is 1. The summed E-state index contributed by atoms with van der Waals surface area (Å²) in [6, 6.07) is 9.91. The highest BCUT2D eigenvalue weighted by molar-refractivity contribution is 8.24. The molecule has 0 N–H and O–H groups in total. The Bertz CT molecular complexity index is 407. The van der Waals surface area contributed by atoms with Crippen LogP contribution in [0.1, 0.15) is 13.8 Å². The monoisotopic (exact) mass is 250 g/mol. The van der Waals surface area contributed by atoms with Crippen molar-refractivity contribution in [1.29, 1.82) is 0 Å². The summed E-state index contributed by atoms with van der Waals surface area (Å²) in [6.45, 7) is 10.8. The molecule has 0 amide bonds. The summed E-state index contributed by atoms with van der Waals surface area (Å²) < 4.78 is 0.715. The lowest BCUT2D eigenvalue weighted by atomic mass is 10.3. The summed E-state index contributed by atoms with van der Waals surface area (Å²) in [7, 11) is 1.92. The molecule has 1 aromatic rings. The van der Waals surface area contributed by atoms with Crippen LogP contribution < -0.4 is 4.90 Å². The van der Waals surface area contributed by atoms with Gasteiger partial charge in [-0.25, -0.2) is 6.57 Å². The van der Waals surface area contributed by atoms with Crippen LogP contribution in [0.3, 0.4) is 0 Å². The van der Waals surface area contributed by atoms with Gasteiger partial charge in [0.15, 0.2) is 0 Å². The largest absolute Gasteiger partial charge is 0.330 e. The van der Waals surface area contributed by atoms with Crippen molar-refractivity contribution in [3.63, 3.8) is 0 Å². The number of rotatable bonds is 2. The van der Waals surface area contributed by atoms with Gasteiger partial charge in [0.1, 0.15) is 4.32 Å². The van der Waals surface area contributed by atoms with Crippen LogP contribution >= 0.6 is 24.0 Å². The van der Waals surface area contributed by atoms with Gasteiger partial charge < -0.3 is 4.90 Å². The van der Waals surface area contributed by atoms with Gasteiger partial charge in [0.05, 0.1) is 0 Å². The highest BCUT2D eigenvalue weighted by atomic mass is 32.2. The molecule has 0 spiro atoms. The molecule has 2 nitrogen and oxygen atoms in total. The highest BCUT2D eigenvalue weighted by Crippen LogP contribution is 2.29. The molecule has 0 atom stereocenters. The predicted octanol–water partition coefficient (Wildman–Crippen LogP) is 3.80. The number of hydrogen-bond acceptors (Lipinski definition) is 2. The Kier molecular flexibility index (Phi) is 4.34. The number of hydrogen-bond donors (Lipinski definition) is 0. The predicted molar refractivity (Wildman–Crippen MR) is 75.7 cm³/mol. The highest BCUT2D eigenvalue weighted by Gasteiger charge is 2.27. The summed E-state index contributed by atoms with van der Waals surface area (Å²) in [4.78, 5) is 4.96. The van der Waals surface area contributed by atoms with Crippen molar-refractivity contribution in [2.24, 2.45) is 0 Å². The average Bonchev–Trinajstić information content (AvgIpc) is 2.28. The maximum absolute atomic E-state index is 7.07. The molecule has 0 heterocycles. The first-order valence-electron chi connectivity index (χ1n) is 4.86. The molecule has 1 aromatic carbocycles. The molecule has 1 rings (SSSR count). The van der Waals surface area contributed by atoms with Gasteiger partial charge in [-0.1, -0.05) is 30.4 Å². The van der Waals surface area contributed by atoms with E-state index in [0.29, 0.717) is 4.32 Å². The van der Waals surface area contributed by atoms with E-state index in [1.165, 1.54) is 11.8 Å². The Morgan fingerprint density at radius 3 is 2.44 bits per heavy atom. The summed E-state index contributed by atoms with van der Waals surface area (Å²) >= 11 is 6.73. The van der Waals surface area contributed by atoms with E-state index in [1.807, 2.05) is 56.1 Å². The van der Waals surface area contributed by atoms with Crippen LogP contribution in [0.25, 0.3) is 4.85 Å². The molecule has 0 radical (unpaired) electrons. The number of benzene rings is 1. The molecule has 16 heavy (non-hydrogen) atoms. The molecule has 0 aliphatic rings. The van der Waals surface area contributed by atoms with E-state index in [-0.39, 0.29) is 0 Å². The van der Waals surface area contributed by atoms with Gasteiger partial charge in [-0.05, 0) is 23.9 Å². The molecule has 0 aromatic heterocycles. The molecule has 0 aliphatic carbocycles. The first-order chi connectivity index (χ1) is 7.46. The zero-order valence-electron chi connectivity index (χ0n) is 9.60. The minimum Gasteiger partial charge on any atom is -0.330 e. The number of thiocarbonyl (C=S) groups is 1. The standard InChI is InChI=1S/C12H14N2S2/c1-12(2,13-3)16-11(15)14(4)10-8-6-5-7-9-10/h5-9H,1-2,4H3. The first kappa shape index (κ1) is 13.0. The van der Waals surface area contributed by atoms with Crippen molar-refractivity contribution >= 4 is 34.0 Å². The van der Waals surface area contributed by atoms with Gasteiger partial charge in [0.2, 0.25) is 0 Å². The van der Waals surface area contributed by atoms with Gasteiger partial charge in [-0.15, -0.1) is 0 Å². The van der Waals surface area contributed by atoms with E-state index in [4.69, 9.17) is 18.8 Å². The second-order valence-corrected chi connectivity index (χ2v) is 6.06. The van der Waals surface area contributed by atoms with E-state index in [2.05, 4.69) is 4.85 Å². The molecule has 0 saturated heterocycles. The molecule has 84 valence electrons. The molecule has 4 heteroatoms. The molecular formula is C12H14N2S2. The van der Waals surface area contributed by atoms with Crippen LogP contribution in [0.5, 0.6) is 0 Å². The fourth-order valence-electron chi connectivity index (χ4n) is 1.06. The Labute approximate surface area is 106 Å². The van der Waals surface area contributed by atoms with Crippen LogP contribution in [-0.2, 0) is 0 Å². The molecule has 0 saturated carbocycles. The zero-order valence-corrected chi connectivity index (χ0v) is 11.2. The Morgan fingerprint density at radius 1 is 1.38 bits per heavy atom. The average molecular weight is 250 g/mol. The summed E-state index contributed by atoms with van der Waals surface area (Å²) in [5, 5.41) is 0. The third-order valence-electron chi connectivity index (χ3n) is 2.02. The third kappa shape index (κ3) is 3.51. The summed E-state index contributed by atoms with van der Waals surface area (Å²) in [5.41, 5.74) is 1.04. The third-order valence-corrected chi connectivity index (χ3v) is 3.59. The summed E-state index contributed by atoms with van der Waals surface area (Å²) in [5.74, 6) is 0. The minimum atomic E-state index is -0.500. The molecule has 0 unspecified atom stereocenters. The Morgan fingerprint density at radius 2 is 1.94 bits per heavy atom. The lowest BCUT2D eigenvalue weighted by Crippen LogP contribution is -2.25. The normalized spacial score (nSPS) is 10.6. The smallest absolute Gasteiger partial charge is 0.278 e.